The average molecular weight is 294 g/mol. The molecule has 3 nitrogen and oxygen atoms in total. The van der Waals surface area contributed by atoms with Gasteiger partial charge in [0.15, 0.2) is 0 Å². The van der Waals surface area contributed by atoms with Crippen molar-refractivity contribution in [1.29, 1.82) is 0 Å². The number of Topliss-reactive ketones (excluding diaryl/α,β-unsaturated/α-hetero) is 1. The predicted molar refractivity (Wildman–Crippen MR) is 81.8 cm³/mol. The first kappa shape index (κ1) is 15.5. The molecule has 0 amide bonds. The van der Waals surface area contributed by atoms with Gasteiger partial charge in [0, 0.05) is 25.6 Å². The van der Waals surface area contributed by atoms with Crippen LogP contribution in [0.5, 0.6) is 0 Å². The van der Waals surface area contributed by atoms with Gasteiger partial charge < -0.3 is 9.47 Å². The number of ether oxygens (including phenoxy) is 2. The average Bonchev–Trinajstić information content (AvgIpc) is 2.76. The summed E-state index contributed by atoms with van der Waals surface area (Å²) in [5.74, 6) is 3.74. The molecule has 0 spiro atoms. The topological polar surface area (TPSA) is 35.5 Å². The van der Waals surface area contributed by atoms with Crippen LogP contribution in [0.15, 0.2) is 0 Å². The quantitative estimate of drug-likeness (QED) is 0.571. The van der Waals surface area contributed by atoms with Gasteiger partial charge in [-0.25, -0.2) is 0 Å². The van der Waals surface area contributed by atoms with Gasteiger partial charge in [-0.3, -0.25) is 4.79 Å². The Morgan fingerprint density at radius 1 is 1.19 bits per heavy atom. The summed E-state index contributed by atoms with van der Waals surface area (Å²) in [6.45, 7) is 3.50. The Balaban J connectivity index is 1.52. The predicted octanol–water partition coefficient (Wildman–Crippen LogP) is 3.81. The Morgan fingerprint density at radius 3 is 2.86 bits per heavy atom. The Bertz CT molecular complexity index is 381. The van der Waals surface area contributed by atoms with Crippen molar-refractivity contribution in [3.05, 3.63) is 0 Å². The highest BCUT2D eigenvalue weighted by Gasteiger charge is 2.52. The number of carbonyl (C=O) groups excluding carboxylic acids is 1. The van der Waals surface area contributed by atoms with Gasteiger partial charge in [0.1, 0.15) is 12.6 Å². The molecule has 0 N–H and O–H groups in total. The van der Waals surface area contributed by atoms with E-state index in [1.165, 1.54) is 38.5 Å². The highest BCUT2D eigenvalue weighted by molar-refractivity contribution is 5.87. The second-order valence-corrected chi connectivity index (χ2v) is 7.82. The van der Waals surface area contributed by atoms with Crippen molar-refractivity contribution in [2.75, 3.05) is 20.5 Å². The molecule has 0 aromatic heterocycles. The third-order valence-corrected chi connectivity index (χ3v) is 6.65. The Labute approximate surface area is 128 Å². The molecular formula is C18H30O3. The molecule has 0 unspecified atom stereocenters. The van der Waals surface area contributed by atoms with Crippen LogP contribution < -0.4 is 0 Å². The fraction of sp³-hybridized carbons (Fsp3) is 0.944. The number of fused-ring (bicyclic) bond motifs is 2. The molecule has 120 valence electrons. The number of rotatable bonds is 5. The van der Waals surface area contributed by atoms with Crippen LogP contribution >= 0.6 is 0 Å². The standard InChI is InChI=1S/C18H30O3/c1-18-11-14-4-3-13(7-8-21-12-20-2)9-15(14)10-16(18)5-6-17(18)19/h13-16H,3-12H2,1-2H3/t13-,14-,15-,16+,18+/m1/s1. The summed E-state index contributed by atoms with van der Waals surface area (Å²) in [6, 6.07) is 0. The van der Waals surface area contributed by atoms with Crippen molar-refractivity contribution in [3.8, 4) is 0 Å². The van der Waals surface area contributed by atoms with Crippen LogP contribution in [0.4, 0.5) is 0 Å². The van der Waals surface area contributed by atoms with Crippen LogP contribution in [0.1, 0.15) is 58.3 Å². The minimum absolute atomic E-state index is 0.0373. The van der Waals surface area contributed by atoms with Gasteiger partial charge in [0.05, 0.1) is 0 Å². The molecule has 5 atom stereocenters. The molecule has 3 saturated carbocycles. The number of methoxy groups -OCH3 is 1. The zero-order valence-corrected chi connectivity index (χ0v) is 13.6. The van der Waals surface area contributed by atoms with Crippen molar-refractivity contribution in [1.82, 2.24) is 0 Å². The van der Waals surface area contributed by atoms with E-state index in [0.717, 1.165) is 37.2 Å². The van der Waals surface area contributed by atoms with Gasteiger partial charge >= 0.3 is 0 Å². The van der Waals surface area contributed by atoms with Gasteiger partial charge in [-0.2, -0.15) is 0 Å². The third kappa shape index (κ3) is 3.05. The van der Waals surface area contributed by atoms with E-state index in [1.54, 1.807) is 7.11 Å². The molecule has 0 radical (unpaired) electrons. The first-order chi connectivity index (χ1) is 10.1. The summed E-state index contributed by atoms with van der Waals surface area (Å²) in [5.41, 5.74) is 0.0373. The third-order valence-electron chi connectivity index (χ3n) is 6.65. The van der Waals surface area contributed by atoms with Crippen molar-refractivity contribution < 1.29 is 14.3 Å². The molecule has 3 heteroatoms. The van der Waals surface area contributed by atoms with Gasteiger partial charge in [-0.1, -0.05) is 13.3 Å². The zero-order valence-electron chi connectivity index (χ0n) is 13.6. The maximum Gasteiger partial charge on any atom is 0.146 e. The maximum atomic E-state index is 12.2. The van der Waals surface area contributed by atoms with Crippen LogP contribution in [0, 0.1) is 29.1 Å². The van der Waals surface area contributed by atoms with Crippen LogP contribution in [0.25, 0.3) is 0 Å². The van der Waals surface area contributed by atoms with Gasteiger partial charge in [-0.05, 0) is 62.2 Å². The molecular weight excluding hydrogens is 264 g/mol. The number of hydrogen-bond donors (Lipinski definition) is 0. The fourth-order valence-corrected chi connectivity index (χ4v) is 5.34. The lowest BCUT2D eigenvalue weighted by Crippen LogP contribution is -2.42. The van der Waals surface area contributed by atoms with Crippen molar-refractivity contribution in [2.24, 2.45) is 29.1 Å². The van der Waals surface area contributed by atoms with Crippen molar-refractivity contribution >= 4 is 5.78 Å². The van der Waals surface area contributed by atoms with E-state index in [0.29, 0.717) is 18.5 Å². The summed E-state index contributed by atoms with van der Waals surface area (Å²) in [4.78, 5) is 12.2. The highest BCUT2D eigenvalue weighted by atomic mass is 16.7. The summed E-state index contributed by atoms with van der Waals surface area (Å²) in [6.07, 6.45) is 9.67. The second kappa shape index (κ2) is 6.37. The second-order valence-electron chi connectivity index (χ2n) is 7.82. The molecule has 0 aromatic rings. The van der Waals surface area contributed by atoms with Gasteiger partial charge in [-0.15, -0.1) is 0 Å². The first-order valence-corrected chi connectivity index (χ1v) is 8.73. The lowest BCUT2D eigenvalue weighted by Gasteiger charge is -2.48. The minimum Gasteiger partial charge on any atom is -0.359 e. The van der Waals surface area contributed by atoms with E-state index in [9.17, 15) is 4.79 Å². The lowest BCUT2D eigenvalue weighted by atomic mass is 9.56. The summed E-state index contributed by atoms with van der Waals surface area (Å²) in [5, 5.41) is 0. The van der Waals surface area contributed by atoms with Crippen molar-refractivity contribution in [2.45, 2.75) is 58.3 Å². The van der Waals surface area contributed by atoms with E-state index in [-0.39, 0.29) is 5.41 Å². The van der Waals surface area contributed by atoms with Gasteiger partial charge in [0.25, 0.3) is 0 Å². The highest BCUT2D eigenvalue weighted by Crippen LogP contribution is 2.57. The monoisotopic (exact) mass is 294 g/mol. The molecule has 0 saturated heterocycles. The molecule has 0 aliphatic heterocycles. The molecule has 0 heterocycles. The summed E-state index contributed by atoms with van der Waals surface area (Å²) < 4.78 is 10.4. The maximum absolute atomic E-state index is 12.2. The van der Waals surface area contributed by atoms with E-state index >= 15 is 0 Å². The van der Waals surface area contributed by atoms with Crippen LogP contribution in [0.2, 0.25) is 0 Å². The molecule has 3 fully saturated rings. The summed E-state index contributed by atoms with van der Waals surface area (Å²) in [7, 11) is 1.67. The molecule has 0 bridgehead atoms. The fourth-order valence-electron chi connectivity index (χ4n) is 5.34. The Kier molecular flexibility index (Phi) is 4.70. The number of hydrogen-bond acceptors (Lipinski definition) is 3. The SMILES string of the molecule is COCOCC[C@H]1CC[C@@H]2C[C@]3(C)C(=O)CC[C@H]3C[C@H]2C1. The lowest BCUT2D eigenvalue weighted by molar-refractivity contribution is -0.130. The molecule has 3 aliphatic carbocycles. The van der Waals surface area contributed by atoms with E-state index < -0.39 is 0 Å². The Hall–Kier alpha value is -0.410. The smallest absolute Gasteiger partial charge is 0.146 e. The zero-order chi connectivity index (χ0) is 14.9. The van der Waals surface area contributed by atoms with Crippen LogP contribution in [0.3, 0.4) is 0 Å². The van der Waals surface area contributed by atoms with Crippen molar-refractivity contribution in [3.63, 3.8) is 0 Å². The van der Waals surface area contributed by atoms with Gasteiger partial charge in [0.2, 0.25) is 0 Å². The van der Waals surface area contributed by atoms with E-state index in [2.05, 4.69) is 6.92 Å². The normalized spacial score (nSPS) is 42.7. The van der Waals surface area contributed by atoms with Crippen LogP contribution in [-0.2, 0) is 14.3 Å². The first-order valence-electron chi connectivity index (χ1n) is 8.73. The minimum atomic E-state index is 0.0373. The molecule has 21 heavy (non-hydrogen) atoms. The largest absolute Gasteiger partial charge is 0.359 e. The van der Waals surface area contributed by atoms with E-state index in [1.807, 2.05) is 0 Å². The number of ketones is 1. The van der Waals surface area contributed by atoms with Crippen LogP contribution in [-0.4, -0.2) is 26.3 Å². The molecule has 0 aromatic carbocycles. The Morgan fingerprint density at radius 2 is 2.05 bits per heavy atom. The summed E-state index contributed by atoms with van der Waals surface area (Å²) >= 11 is 0. The van der Waals surface area contributed by atoms with E-state index in [4.69, 9.17) is 9.47 Å². The molecule has 3 rings (SSSR count). The molecule has 3 aliphatic rings. The number of carbonyl (C=O) groups is 1.